The van der Waals surface area contributed by atoms with Crippen molar-refractivity contribution in [3.8, 4) is 0 Å². The zero-order chi connectivity index (χ0) is 20.6. The highest BCUT2D eigenvalue weighted by Crippen LogP contribution is 2.32. The molecule has 30 heavy (non-hydrogen) atoms. The predicted octanol–water partition coefficient (Wildman–Crippen LogP) is 2.77. The maximum atomic E-state index is 14.2. The summed E-state index contributed by atoms with van der Waals surface area (Å²) < 4.78 is 15.5. The Morgan fingerprint density at radius 3 is 2.77 bits per heavy atom. The molecule has 1 amide bonds. The van der Waals surface area contributed by atoms with E-state index in [0.717, 1.165) is 29.4 Å². The number of rotatable bonds is 4. The molecule has 0 aliphatic carbocycles. The minimum Gasteiger partial charge on any atom is -0.619 e. The highest BCUT2D eigenvalue weighted by Gasteiger charge is 2.49. The first-order valence-corrected chi connectivity index (χ1v) is 10.6. The lowest BCUT2D eigenvalue weighted by molar-refractivity contribution is -0.604. The molecular formula is C21H26FIN4O3. The van der Waals surface area contributed by atoms with E-state index in [1.54, 1.807) is 17.0 Å². The van der Waals surface area contributed by atoms with Crippen molar-refractivity contribution in [3.63, 3.8) is 0 Å². The number of carbonyl (C=O) groups excluding carboxylic acids is 1. The van der Waals surface area contributed by atoms with Crippen molar-refractivity contribution in [2.75, 3.05) is 25.0 Å². The normalized spacial score (nSPS) is 20.1. The van der Waals surface area contributed by atoms with Gasteiger partial charge in [0.05, 0.1) is 24.3 Å². The lowest BCUT2D eigenvalue weighted by atomic mass is 9.81. The maximum absolute atomic E-state index is 14.2. The lowest BCUT2D eigenvalue weighted by Crippen LogP contribution is -2.72. The van der Waals surface area contributed by atoms with Crippen molar-refractivity contribution in [1.29, 1.82) is 0 Å². The molecule has 7 nitrogen and oxygen atoms in total. The Morgan fingerprint density at radius 2 is 2.10 bits per heavy atom. The minimum atomic E-state index is -0.931. The summed E-state index contributed by atoms with van der Waals surface area (Å²) in [5, 5.41) is 28.8. The molecule has 0 spiro atoms. The topological polar surface area (TPSA) is 91.5 Å². The monoisotopic (exact) mass is 528 g/mol. The molecule has 3 N–H and O–H groups in total. The van der Waals surface area contributed by atoms with Crippen LogP contribution in [0.2, 0.25) is 0 Å². The van der Waals surface area contributed by atoms with Crippen LogP contribution in [0.4, 0.5) is 15.8 Å². The molecule has 1 aromatic carbocycles. The van der Waals surface area contributed by atoms with Crippen LogP contribution in [-0.2, 0) is 0 Å². The van der Waals surface area contributed by atoms with Gasteiger partial charge in [-0.2, -0.15) is 4.73 Å². The molecule has 0 saturated carbocycles. The third-order valence-corrected chi connectivity index (χ3v) is 6.21. The number of nitrogens with zero attached hydrogens (tertiary/aromatic N) is 2. The number of hydrogen-bond acceptors (Lipinski definition) is 5. The van der Waals surface area contributed by atoms with Crippen molar-refractivity contribution < 1.29 is 19.0 Å². The second-order valence-corrected chi connectivity index (χ2v) is 8.89. The number of halogens is 2. The van der Waals surface area contributed by atoms with Crippen molar-refractivity contribution in [2.45, 2.75) is 38.3 Å². The molecule has 2 aliphatic rings. The van der Waals surface area contributed by atoms with Crippen LogP contribution in [0.25, 0.3) is 0 Å². The van der Waals surface area contributed by atoms with Crippen molar-refractivity contribution in [3.05, 3.63) is 56.8 Å². The van der Waals surface area contributed by atoms with Gasteiger partial charge in [-0.3, -0.25) is 4.79 Å². The fourth-order valence-corrected chi connectivity index (χ4v) is 4.41. The molecular weight excluding hydrogens is 502 g/mol. The number of aromatic nitrogens is 1. The molecule has 0 radical (unpaired) electrons. The Hall–Kier alpha value is -1.98. The Balaban J connectivity index is 0.00000256. The standard InChI is InChI=1S/C20H22FIN4O3.CH4/c21-15-9-13(22)4-5-16(15)24-17-10-26(29)8-6-14(17)19(27)25-11-20(28,12-25)18-3-1-2-7-23-18;/h4-6,8-10,18,23-24,28H,1-3,7,11-12H2;1H4/t18-;/m0./s1. The first kappa shape index (κ1) is 22.7. The summed E-state index contributed by atoms with van der Waals surface area (Å²) in [5.41, 5.74) is -0.274. The minimum absolute atomic E-state index is 0. The number of amides is 1. The Bertz CT molecular complexity index is 930. The van der Waals surface area contributed by atoms with E-state index >= 15 is 0 Å². The van der Waals surface area contributed by atoms with Crippen molar-refractivity contribution >= 4 is 39.9 Å². The fourth-order valence-electron chi connectivity index (χ4n) is 3.96. The Labute approximate surface area is 189 Å². The zero-order valence-electron chi connectivity index (χ0n) is 15.7. The van der Waals surface area contributed by atoms with E-state index in [2.05, 4.69) is 10.6 Å². The number of likely N-dealkylation sites (tertiary alicyclic amines) is 1. The van der Waals surface area contributed by atoms with Crippen LogP contribution in [0.15, 0.2) is 36.7 Å². The van der Waals surface area contributed by atoms with Gasteiger partial charge >= 0.3 is 0 Å². The number of anilines is 2. The first-order valence-electron chi connectivity index (χ1n) is 9.56. The van der Waals surface area contributed by atoms with Crippen LogP contribution >= 0.6 is 22.6 Å². The highest BCUT2D eigenvalue weighted by atomic mass is 127. The molecule has 3 heterocycles. The zero-order valence-corrected chi connectivity index (χ0v) is 17.9. The van der Waals surface area contributed by atoms with Gasteiger partial charge in [-0.15, -0.1) is 0 Å². The smallest absolute Gasteiger partial charge is 0.256 e. The van der Waals surface area contributed by atoms with E-state index in [1.165, 1.54) is 24.5 Å². The summed E-state index contributed by atoms with van der Waals surface area (Å²) in [4.78, 5) is 14.6. The summed E-state index contributed by atoms with van der Waals surface area (Å²) in [6, 6.07) is 6.06. The average Bonchev–Trinajstić information content (AvgIpc) is 2.68. The Kier molecular flexibility index (Phi) is 6.83. The van der Waals surface area contributed by atoms with Gasteiger partial charge in [0.2, 0.25) is 6.20 Å². The number of piperidine rings is 1. The van der Waals surface area contributed by atoms with Gasteiger partial charge in [-0.25, -0.2) is 4.39 Å². The molecule has 1 atom stereocenters. The summed E-state index contributed by atoms with van der Waals surface area (Å²) in [5.74, 6) is -0.780. The number of hydrogen-bond donors (Lipinski definition) is 3. The first-order chi connectivity index (χ1) is 13.9. The van der Waals surface area contributed by atoms with Crippen LogP contribution in [0.1, 0.15) is 37.0 Å². The van der Waals surface area contributed by atoms with Crippen LogP contribution in [0, 0.1) is 14.6 Å². The van der Waals surface area contributed by atoms with Gasteiger partial charge in [0.1, 0.15) is 17.1 Å². The summed E-state index contributed by atoms with van der Waals surface area (Å²) in [6.07, 6.45) is 5.49. The number of nitrogens with one attached hydrogen (secondary N) is 2. The van der Waals surface area contributed by atoms with E-state index in [1.807, 2.05) is 22.6 Å². The van der Waals surface area contributed by atoms with E-state index < -0.39 is 11.4 Å². The summed E-state index contributed by atoms with van der Waals surface area (Å²) in [7, 11) is 0. The van der Waals surface area contributed by atoms with Crippen LogP contribution in [0.5, 0.6) is 0 Å². The summed E-state index contributed by atoms with van der Waals surface area (Å²) in [6.45, 7) is 1.33. The quantitative estimate of drug-likeness (QED) is 0.323. The average molecular weight is 528 g/mol. The van der Waals surface area contributed by atoms with Gasteiger partial charge in [-0.05, 0) is 60.2 Å². The van der Waals surface area contributed by atoms with E-state index in [4.69, 9.17) is 0 Å². The largest absolute Gasteiger partial charge is 0.619 e. The molecule has 2 fully saturated rings. The van der Waals surface area contributed by atoms with E-state index in [0.29, 0.717) is 4.73 Å². The molecule has 1 aromatic heterocycles. The fraction of sp³-hybridized carbons (Fsp3) is 0.429. The lowest BCUT2D eigenvalue weighted by Gasteiger charge is -2.51. The van der Waals surface area contributed by atoms with E-state index in [-0.39, 0.29) is 49.4 Å². The SMILES string of the molecule is C.O=C(c1cc[n+]([O-])cc1Nc1ccc(I)cc1F)N1CC(O)([C@@H]2CCCCN2)C1. The Morgan fingerprint density at radius 1 is 1.33 bits per heavy atom. The number of aliphatic hydroxyl groups is 1. The molecule has 2 aromatic rings. The predicted molar refractivity (Wildman–Crippen MR) is 121 cm³/mol. The molecule has 4 rings (SSSR count). The summed E-state index contributed by atoms with van der Waals surface area (Å²) >= 11 is 2.01. The van der Waals surface area contributed by atoms with Gasteiger partial charge in [0.15, 0.2) is 6.20 Å². The maximum Gasteiger partial charge on any atom is 0.256 e. The van der Waals surface area contributed by atoms with Gasteiger partial charge < -0.3 is 25.8 Å². The third kappa shape index (κ3) is 4.52. The van der Waals surface area contributed by atoms with Crippen LogP contribution in [0.3, 0.4) is 0 Å². The molecule has 9 heteroatoms. The number of pyridine rings is 1. The molecule has 2 aliphatic heterocycles. The van der Waals surface area contributed by atoms with Gasteiger partial charge in [0, 0.05) is 15.7 Å². The second kappa shape index (κ2) is 9.03. The van der Waals surface area contributed by atoms with Gasteiger partial charge in [-0.1, -0.05) is 13.8 Å². The number of carbonyl (C=O) groups is 1. The van der Waals surface area contributed by atoms with Crippen molar-refractivity contribution in [2.24, 2.45) is 0 Å². The number of β-amino-alcohol motifs (C(OH)–C–C–N with tert-alkyl or cyclic N) is 1. The third-order valence-electron chi connectivity index (χ3n) is 5.54. The van der Waals surface area contributed by atoms with E-state index in [9.17, 15) is 19.5 Å². The second-order valence-electron chi connectivity index (χ2n) is 7.65. The molecule has 162 valence electrons. The molecule has 0 unspecified atom stereocenters. The van der Waals surface area contributed by atoms with Gasteiger partial charge in [0.25, 0.3) is 5.91 Å². The molecule has 0 bridgehead atoms. The van der Waals surface area contributed by atoms with Crippen molar-refractivity contribution in [1.82, 2.24) is 10.2 Å². The number of benzene rings is 1. The van der Waals surface area contributed by atoms with Crippen LogP contribution in [-0.4, -0.2) is 47.2 Å². The highest BCUT2D eigenvalue weighted by molar-refractivity contribution is 14.1. The van der Waals surface area contributed by atoms with Crippen LogP contribution < -0.4 is 15.4 Å². The molecule has 2 saturated heterocycles.